The van der Waals surface area contributed by atoms with E-state index in [1.165, 1.54) is 17.9 Å². The second-order valence-corrected chi connectivity index (χ2v) is 8.40. The van der Waals surface area contributed by atoms with Gasteiger partial charge in [-0.3, -0.25) is 0 Å². The van der Waals surface area contributed by atoms with Gasteiger partial charge in [0.15, 0.2) is 0 Å². The van der Waals surface area contributed by atoms with Gasteiger partial charge in [-0.1, -0.05) is 6.92 Å². The highest BCUT2D eigenvalue weighted by atomic mass is 32.2. The molecular weight excluding hydrogens is 238 g/mol. The van der Waals surface area contributed by atoms with E-state index in [0.717, 1.165) is 35.8 Å². The largest absolute Gasteiger partial charge is 0.311 e. The zero-order chi connectivity index (χ0) is 12.5. The minimum absolute atomic E-state index is 0.728. The maximum Gasteiger partial charge on any atom is 0.0126 e. The molecule has 0 radical (unpaired) electrons. The van der Waals surface area contributed by atoms with Crippen LogP contribution in [0.25, 0.3) is 0 Å². The first-order chi connectivity index (χ1) is 8.76. The van der Waals surface area contributed by atoms with Crippen molar-refractivity contribution in [2.75, 3.05) is 11.5 Å². The van der Waals surface area contributed by atoms with Crippen molar-refractivity contribution < 1.29 is 0 Å². The van der Waals surface area contributed by atoms with E-state index in [1.54, 1.807) is 32.1 Å². The number of hydrogen-bond donors (Lipinski definition) is 1. The van der Waals surface area contributed by atoms with Gasteiger partial charge >= 0.3 is 0 Å². The van der Waals surface area contributed by atoms with Crippen LogP contribution in [0.5, 0.6) is 0 Å². The van der Waals surface area contributed by atoms with Gasteiger partial charge < -0.3 is 5.32 Å². The van der Waals surface area contributed by atoms with Gasteiger partial charge in [-0.2, -0.15) is 11.8 Å². The number of thioether (sulfide) groups is 1. The summed E-state index contributed by atoms with van der Waals surface area (Å²) < 4.78 is 0. The van der Waals surface area contributed by atoms with Gasteiger partial charge in [0.05, 0.1) is 0 Å². The number of rotatable bonds is 6. The zero-order valence-electron chi connectivity index (χ0n) is 12.0. The van der Waals surface area contributed by atoms with Crippen molar-refractivity contribution in [1.29, 1.82) is 0 Å². The fraction of sp³-hybridized carbons (Fsp3) is 1.00. The van der Waals surface area contributed by atoms with Crippen LogP contribution in [-0.4, -0.2) is 23.6 Å². The van der Waals surface area contributed by atoms with Crippen LogP contribution >= 0.6 is 11.8 Å². The standard InChI is InChI=1S/C16H29NS/c1-3-18-5-4-11(2)17-16-14-7-12-6-13(9-14)10-15(16)8-12/h11-17H,3-10H2,1-2H3. The lowest BCUT2D eigenvalue weighted by molar-refractivity contribution is -0.0170. The molecule has 1 N–H and O–H groups in total. The SMILES string of the molecule is CCSCCC(C)NC1C2CC3CC(C2)CC1C3. The summed E-state index contributed by atoms with van der Waals surface area (Å²) in [4.78, 5) is 0. The van der Waals surface area contributed by atoms with Crippen LogP contribution in [0.15, 0.2) is 0 Å². The van der Waals surface area contributed by atoms with Crippen LogP contribution in [0, 0.1) is 23.7 Å². The van der Waals surface area contributed by atoms with Crippen LogP contribution in [0.4, 0.5) is 0 Å². The fourth-order valence-corrected chi connectivity index (χ4v) is 5.82. The topological polar surface area (TPSA) is 12.0 Å². The molecule has 1 nitrogen and oxygen atoms in total. The maximum atomic E-state index is 4.01. The molecule has 4 bridgehead atoms. The van der Waals surface area contributed by atoms with Crippen LogP contribution in [0.2, 0.25) is 0 Å². The van der Waals surface area contributed by atoms with E-state index in [4.69, 9.17) is 0 Å². The van der Waals surface area contributed by atoms with E-state index in [1.807, 2.05) is 0 Å². The van der Waals surface area contributed by atoms with Gasteiger partial charge in [-0.25, -0.2) is 0 Å². The third-order valence-corrected chi connectivity index (χ3v) is 6.54. The molecule has 0 aromatic rings. The molecule has 0 spiro atoms. The average Bonchev–Trinajstić information content (AvgIpc) is 2.33. The van der Waals surface area contributed by atoms with E-state index in [2.05, 4.69) is 30.9 Å². The van der Waals surface area contributed by atoms with Crippen molar-refractivity contribution in [2.24, 2.45) is 23.7 Å². The Hall–Kier alpha value is 0.310. The van der Waals surface area contributed by atoms with Crippen molar-refractivity contribution in [2.45, 2.75) is 64.5 Å². The summed E-state index contributed by atoms with van der Waals surface area (Å²) in [7, 11) is 0. The molecule has 2 heteroatoms. The van der Waals surface area contributed by atoms with Crippen LogP contribution in [0.1, 0.15) is 52.4 Å². The Bertz CT molecular complexity index is 250. The average molecular weight is 267 g/mol. The van der Waals surface area contributed by atoms with Crippen LogP contribution in [0.3, 0.4) is 0 Å². The van der Waals surface area contributed by atoms with Crippen molar-refractivity contribution in [3.8, 4) is 0 Å². The molecule has 4 aliphatic rings. The molecule has 4 saturated carbocycles. The number of nitrogens with one attached hydrogen (secondary N) is 1. The first-order valence-electron chi connectivity index (χ1n) is 8.10. The summed E-state index contributed by atoms with van der Waals surface area (Å²) in [6.45, 7) is 4.67. The summed E-state index contributed by atoms with van der Waals surface area (Å²) >= 11 is 2.09. The minimum atomic E-state index is 0.728. The Balaban J connectivity index is 1.50. The maximum absolute atomic E-state index is 4.01. The third kappa shape index (κ3) is 2.75. The van der Waals surface area contributed by atoms with Crippen molar-refractivity contribution >= 4 is 11.8 Å². The van der Waals surface area contributed by atoms with E-state index in [0.29, 0.717) is 0 Å². The van der Waals surface area contributed by atoms with Gasteiger partial charge in [-0.15, -0.1) is 0 Å². The molecule has 4 aliphatic carbocycles. The minimum Gasteiger partial charge on any atom is -0.311 e. The molecule has 4 rings (SSSR count). The summed E-state index contributed by atoms with van der Waals surface area (Å²) in [5.74, 6) is 6.88. The Morgan fingerprint density at radius 2 is 1.67 bits per heavy atom. The fourth-order valence-electron chi connectivity index (χ4n) is 5.01. The molecule has 0 aromatic heterocycles. The van der Waals surface area contributed by atoms with Gasteiger partial charge in [0.25, 0.3) is 0 Å². The highest BCUT2D eigenvalue weighted by Crippen LogP contribution is 2.53. The molecule has 1 atom stereocenters. The van der Waals surface area contributed by atoms with E-state index >= 15 is 0 Å². The molecule has 4 fully saturated rings. The molecule has 0 aromatic carbocycles. The highest BCUT2D eigenvalue weighted by molar-refractivity contribution is 7.99. The molecule has 0 heterocycles. The lowest BCUT2D eigenvalue weighted by atomic mass is 9.54. The summed E-state index contributed by atoms with van der Waals surface area (Å²) in [6.07, 6.45) is 9.09. The summed E-state index contributed by atoms with van der Waals surface area (Å²) in [5.41, 5.74) is 0. The monoisotopic (exact) mass is 267 g/mol. The molecule has 0 amide bonds. The van der Waals surface area contributed by atoms with Gasteiger partial charge in [-0.05, 0) is 80.6 Å². The first-order valence-corrected chi connectivity index (χ1v) is 9.25. The van der Waals surface area contributed by atoms with E-state index in [-0.39, 0.29) is 0 Å². The second kappa shape index (κ2) is 5.75. The lowest BCUT2D eigenvalue weighted by Crippen LogP contribution is -2.56. The number of hydrogen-bond acceptors (Lipinski definition) is 2. The molecule has 0 aliphatic heterocycles. The lowest BCUT2D eigenvalue weighted by Gasteiger charge is -2.55. The first kappa shape index (κ1) is 13.3. The van der Waals surface area contributed by atoms with Crippen molar-refractivity contribution in [3.05, 3.63) is 0 Å². The van der Waals surface area contributed by atoms with Gasteiger partial charge in [0.1, 0.15) is 0 Å². The second-order valence-electron chi connectivity index (χ2n) is 7.01. The zero-order valence-corrected chi connectivity index (χ0v) is 12.8. The molecule has 18 heavy (non-hydrogen) atoms. The Morgan fingerprint density at radius 3 is 2.22 bits per heavy atom. The van der Waals surface area contributed by atoms with E-state index in [9.17, 15) is 0 Å². The smallest absolute Gasteiger partial charge is 0.0126 e. The third-order valence-electron chi connectivity index (χ3n) is 5.60. The Kier molecular flexibility index (Phi) is 4.25. The molecule has 1 unspecified atom stereocenters. The van der Waals surface area contributed by atoms with Gasteiger partial charge in [0, 0.05) is 12.1 Å². The van der Waals surface area contributed by atoms with Crippen molar-refractivity contribution in [3.63, 3.8) is 0 Å². The normalized spacial score (nSPS) is 43.3. The quantitative estimate of drug-likeness (QED) is 0.732. The summed E-state index contributed by atoms with van der Waals surface area (Å²) in [6, 6.07) is 1.60. The molecular formula is C16H29NS. The van der Waals surface area contributed by atoms with E-state index < -0.39 is 0 Å². The highest BCUT2D eigenvalue weighted by Gasteiger charge is 2.48. The molecule has 0 saturated heterocycles. The van der Waals surface area contributed by atoms with Gasteiger partial charge in [0.2, 0.25) is 0 Å². The van der Waals surface area contributed by atoms with Crippen LogP contribution in [-0.2, 0) is 0 Å². The predicted molar refractivity (Wildman–Crippen MR) is 81.0 cm³/mol. The predicted octanol–water partition coefficient (Wildman–Crippen LogP) is 3.93. The van der Waals surface area contributed by atoms with Crippen LogP contribution < -0.4 is 5.32 Å². The summed E-state index contributed by atoms with van der Waals surface area (Å²) in [5, 5.41) is 4.01. The Labute approximate surface area is 117 Å². The van der Waals surface area contributed by atoms with Crippen molar-refractivity contribution in [1.82, 2.24) is 5.32 Å². The Morgan fingerprint density at radius 1 is 1.06 bits per heavy atom. The molecule has 104 valence electrons.